The SMILES string of the molecule is CC1=NN(Cc2ccccc2)c2c([N+](=O)[O-])cc3c4c(ccc1c24)CC3. The van der Waals surface area contributed by atoms with E-state index in [1.54, 1.807) is 11.1 Å². The van der Waals surface area contributed by atoms with Crippen LogP contribution in [0.5, 0.6) is 0 Å². The highest BCUT2D eigenvalue weighted by atomic mass is 16.6. The first-order valence-electron chi connectivity index (χ1n) is 8.76. The first-order chi connectivity index (χ1) is 12.6. The van der Waals surface area contributed by atoms with Gasteiger partial charge < -0.3 is 0 Å². The number of rotatable bonds is 3. The van der Waals surface area contributed by atoms with Gasteiger partial charge in [-0.05, 0) is 41.8 Å². The molecule has 0 fully saturated rings. The van der Waals surface area contributed by atoms with Crippen molar-refractivity contribution in [2.45, 2.75) is 26.3 Å². The monoisotopic (exact) mass is 343 g/mol. The van der Waals surface area contributed by atoms with E-state index in [-0.39, 0.29) is 10.6 Å². The fraction of sp³-hybridized carbons (Fsp3) is 0.190. The zero-order chi connectivity index (χ0) is 17.8. The molecule has 0 radical (unpaired) electrons. The molecular formula is C21H17N3O2. The van der Waals surface area contributed by atoms with Crippen LogP contribution in [-0.4, -0.2) is 10.6 Å². The molecule has 0 bridgehead atoms. The van der Waals surface area contributed by atoms with Crippen LogP contribution in [0.3, 0.4) is 0 Å². The lowest BCUT2D eigenvalue weighted by Gasteiger charge is -2.27. The number of hydrogen-bond acceptors (Lipinski definition) is 4. The molecule has 0 atom stereocenters. The highest BCUT2D eigenvalue weighted by Crippen LogP contribution is 2.46. The van der Waals surface area contributed by atoms with E-state index >= 15 is 0 Å². The molecular weight excluding hydrogens is 326 g/mol. The van der Waals surface area contributed by atoms with E-state index in [9.17, 15) is 10.1 Å². The van der Waals surface area contributed by atoms with Crippen LogP contribution < -0.4 is 5.01 Å². The summed E-state index contributed by atoms with van der Waals surface area (Å²) in [7, 11) is 0. The Balaban J connectivity index is 1.81. The van der Waals surface area contributed by atoms with Gasteiger partial charge in [0.05, 0.1) is 17.2 Å². The summed E-state index contributed by atoms with van der Waals surface area (Å²) in [5.41, 5.74) is 6.13. The van der Waals surface area contributed by atoms with Gasteiger partial charge in [-0.3, -0.25) is 15.1 Å². The van der Waals surface area contributed by atoms with Crippen LogP contribution in [0.2, 0.25) is 0 Å². The largest absolute Gasteiger partial charge is 0.295 e. The Hall–Kier alpha value is -3.21. The number of hydrazone groups is 1. The first kappa shape index (κ1) is 15.1. The quantitative estimate of drug-likeness (QED) is 0.516. The number of anilines is 1. The molecule has 1 heterocycles. The molecule has 0 amide bonds. The number of benzene rings is 3. The van der Waals surface area contributed by atoms with Crippen LogP contribution in [0.25, 0.3) is 10.8 Å². The Bertz CT molecular complexity index is 1100. The number of hydrogen-bond donors (Lipinski definition) is 0. The van der Waals surface area contributed by atoms with Crippen molar-refractivity contribution >= 4 is 27.9 Å². The van der Waals surface area contributed by atoms with Gasteiger partial charge in [-0.2, -0.15) is 5.10 Å². The molecule has 26 heavy (non-hydrogen) atoms. The molecule has 1 aliphatic heterocycles. The fourth-order valence-electron chi connectivity index (χ4n) is 4.22. The maximum Gasteiger partial charge on any atom is 0.295 e. The summed E-state index contributed by atoms with van der Waals surface area (Å²) in [6.07, 6.45) is 1.81. The maximum absolute atomic E-state index is 11.9. The molecule has 0 aromatic heterocycles. The smallest absolute Gasteiger partial charge is 0.258 e. The minimum atomic E-state index is -0.270. The summed E-state index contributed by atoms with van der Waals surface area (Å²) in [6, 6.07) is 15.9. The zero-order valence-corrected chi connectivity index (χ0v) is 14.4. The van der Waals surface area contributed by atoms with Gasteiger partial charge in [0.1, 0.15) is 5.69 Å². The average molecular weight is 343 g/mol. The van der Waals surface area contributed by atoms with Crippen molar-refractivity contribution in [3.63, 3.8) is 0 Å². The van der Waals surface area contributed by atoms with E-state index in [0.717, 1.165) is 40.6 Å². The Morgan fingerprint density at radius 1 is 1.08 bits per heavy atom. The molecule has 0 saturated carbocycles. The highest BCUT2D eigenvalue weighted by Gasteiger charge is 2.32. The molecule has 3 aromatic rings. The molecule has 3 aromatic carbocycles. The van der Waals surface area contributed by atoms with Crippen molar-refractivity contribution in [3.8, 4) is 0 Å². The zero-order valence-electron chi connectivity index (χ0n) is 14.4. The lowest BCUT2D eigenvalue weighted by Crippen LogP contribution is -2.23. The maximum atomic E-state index is 11.9. The lowest BCUT2D eigenvalue weighted by atomic mass is 9.93. The number of nitro benzene ring substituents is 1. The number of aryl methyl sites for hydroxylation is 2. The van der Waals surface area contributed by atoms with E-state index in [1.165, 1.54) is 10.9 Å². The third kappa shape index (κ3) is 2.07. The van der Waals surface area contributed by atoms with Gasteiger partial charge in [0.25, 0.3) is 5.69 Å². The molecule has 0 spiro atoms. The van der Waals surface area contributed by atoms with Gasteiger partial charge in [-0.15, -0.1) is 0 Å². The summed E-state index contributed by atoms with van der Waals surface area (Å²) in [6.45, 7) is 2.49. The third-order valence-electron chi connectivity index (χ3n) is 5.36. The summed E-state index contributed by atoms with van der Waals surface area (Å²) < 4.78 is 0. The molecule has 1 aliphatic carbocycles. The van der Waals surface area contributed by atoms with Gasteiger partial charge in [0.15, 0.2) is 0 Å². The van der Waals surface area contributed by atoms with E-state index in [0.29, 0.717) is 12.2 Å². The predicted octanol–water partition coefficient (Wildman–Crippen LogP) is 4.59. The normalized spacial score (nSPS) is 14.7. The first-order valence-corrected chi connectivity index (χ1v) is 8.76. The average Bonchev–Trinajstić information content (AvgIpc) is 3.06. The van der Waals surface area contributed by atoms with Gasteiger partial charge in [-0.1, -0.05) is 42.5 Å². The lowest BCUT2D eigenvalue weighted by molar-refractivity contribution is -0.384. The number of nitro groups is 1. The third-order valence-corrected chi connectivity index (χ3v) is 5.36. The van der Waals surface area contributed by atoms with Crippen molar-refractivity contribution in [1.29, 1.82) is 0 Å². The topological polar surface area (TPSA) is 58.7 Å². The molecule has 5 rings (SSSR count). The van der Waals surface area contributed by atoms with Crippen LogP contribution in [0.4, 0.5) is 11.4 Å². The van der Waals surface area contributed by atoms with Gasteiger partial charge in [-0.25, -0.2) is 0 Å². The Morgan fingerprint density at radius 2 is 1.85 bits per heavy atom. The standard InChI is InChI=1S/C21H17N3O2/c1-13-17-10-9-15-7-8-16-11-18(24(25)26)21(20(17)19(15)16)23(22-13)12-14-5-3-2-4-6-14/h2-6,9-11H,7-8,12H2,1H3. The van der Waals surface area contributed by atoms with Gasteiger partial charge >= 0.3 is 0 Å². The van der Waals surface area contributed by atoms with Crippen LogP contribution >= 0.6 is 0 Å². The molecule has 5 heteroatoms. The second-order valence-corrected chi connectivity index (χ2v) is 6.91. The molecule has 0 saturated heterocycles. The Kier molecular flexibility index (Phi) is 3.13. The molecule has 128 valence electrons. The fourth-order valence-corrected chi connectivity index (χ4v) is 4.22. The van der Waals surface area contributed by atoms with Crippen molar-refractivity contribution in [1.82, 2.24) is 0 Å². The van der Waals surface area contributed by atoms with Crippen LogP contribution in [-0.2, 0) is 19.4 Å². The van der Waals surface area contributed by atoms with Crippen LogP contribution in [0.1, 0.15) is 29.2 Å². The van der Waals surface area contributed by atoms with Crippen molar-refractivity contribution in [2.24, 2.45) is 5.10 Å². The summed E-state index contributed by atoms with van der Waals surface area (Å²) in [5.74, 6) is 0. The summed E-state index contributed by atoms with van der Waals surface area (Å²) in [4.78, 5) is 11.6. The minimum absolute atomic E-state index is 0.153. The predicted molar refractivity (Wildman–Crippen MR) is 103 cm³/mol. The van der Waals surface area contributed by atoms with Crippen molar-refractivity contribution in [2.75, 3.05) is 5.01 Å². The van der Waals surface area contributed by atoms with Gasteiger partial charge in [0.2, 0.25) is 0 Å². The van der Waals surface area contributed by atoms with Gasteiger partial charge in [0, 0.05) is 17.0 Å². The summed E-state index contributed by atoms with van der Waals surface area (Å²) in [5, 5.41) is 20.6. The van der Waals surface area contributed by atoms with E-state index in [1.807, 2.05) is 37.3 Å². The summed E-state index contributed by atoms with van der Waals surface area (Å²) >= 11 is 0. The van der Waals surface area contributed by atoms with E-state index in [2.05, 4.69) is 12.1 Å². The minimum Gasteiger partial charge on any atom is -0.258 e. The van der Waals surface area contributed by atoms with Crippen molar-refractivity contribution < 1.29 is 4.92 Å². The second-order valence-electron chi connectivity index (χ2n) is 6.91. The van der Waals surface area contributed by atoms with Crippen LogP contribution in [0, 0.1) is 10.1 Å². The van der Waals surface area contributed by atoms with E-state index in [4.69, 9.17) is 5.10 Å². The Morgan fingerprint density at radius 3 is 2.62 bits per heavy atom. The Labute approximate surface area is 150 Å². The van der Waals surface area contributed by atoms with Crippen molar-refractivity contribution in [3.05, 3.63) is 80.9 Å². The molecule has 0 unspecified atom stereocenters. The highest BCUT2D eigenvalue weighted by molar-refractivity contribution is 6.19. The van der Waals surface area contributed by atoms with E-state index < -0.39 is 0 Å². The second kappa shape index (κ2) is 5.39. The molecule has 5 nitrogen and oxygen atoms in total. The number of nitrogens with zero attached hydrogens (tertiary/aromatic N) is 3. The molecule has 2 aliphatic rings. The molecule has 0 N–H and O–H groups in total. The van der Waals surface area contributed by atoms with Crippen LogP contribution in [0.15, 0.2) is 53.6 Å².